The average molecular weight is 757 g/mol. The summed E-state index contributed by atoms with van der Waals surface area (Å²) in [5.41, 5.74) is 0. The van der Waals surface area contributed by atoms with Gasteiger partial charge in [-0.05, 0) is 0 Å². The average Bonchev–Trinajstić information content (AvgIpc) is 0. The molecule has 0 fully saturated rings. The third kappa shape index (κ3) is 136. The smallest absolute Gasteiger partial charge is 1.00 e. The van der Waals surface area contributed by atoms with E-state index in [-0.39, 0.29) is 631 Å². The van der Waals surface area contributed by atoms with Crippen LogP contribution in [0, 0.1) is 0 Å². The second-order valence-electron chi connectivity index (χ2n) is 0. The van der Waals surface area contributed by atoms with Crippen LogP contribution in [0.5, 0.6) is 0 Å². The van der Waals surface area contributed by atoms with E-state index < -0.39 is 0 Å². The molecule has 0 amide bonds. The van der Waals surface area contributed by atoms with Gasteiger partial charge in [-0.2, -0.15) is 0 Å². The normalized spacial score (nSPS) is 0. The largest absolute Gasteiger partial charge is 1.00 e. The second kappa shape index (κ2) is 148. The van der Waals surface area contributed by atoms with E-state index in [1.165, 1.54) is 0 Å². The SMILES string of the molecule is C.C.C.C.C.C.C.[3HH].[H-].[H-].[H-].[H-].[H-].[H-].[H-].[H-].[H-].[K+].[K+].[K+].[K+].[K+].[K+].[K+].[K+].[K+].[V].[V].[Y].[Y]. The van der Waals surface area contributed by atoms with Gasteiger partial charge in [0.1, 0.15) is 0 Å². The van der Waals surface area contributed by atoms with E-state index in [1.807, 2.05) is 0 Å². The van der Waals surface area contributed by atoms with Crippen LogP contribution in [-0.4, -0.2) is 0 Å². The first kappa shape index (κ1) is 160. The Morgan fingerprint density at radius 2 is 0.300 bits per heavy atom. The van der Waals surface area contributed by atoms with Crippen molar-refractivity contribution in [2.24, 2.45) is 0 Å². The molecule has 0 saturated heterocycles. The Balaban J connectivity index is 0. The maximum Gasteiger partial charge on any atom is 1.00 e. The molecule has 0 aromatic rings. The Kier molecular flexibility index (Phi) is 1180. The predicted molar refractivity (Wildman–Crippen MR) is 59.2 cm³/mol. The molecule has 0 nitrogen and oxygen atoms in total. The van der Waals surface area contributed by atoms with E-state index in [0.29, 0.717) is 0 Å². The van der Waals surface area contributed by atoms with Gasteiger partial charge in [-0.15, -0.1) is 0 Å². The molecule has 20 heavy (non-hydrogen) atoms. The molecule has 0 aliphatic carbocycles. The molecular formula is C7H39K9V2Y2. The fourth-order valence-corrected chi connectivity index (χ4v) is 0. The van der Waals surface area contributed by atoms with Crippen LogP contribution in [0.2, 0.25) is 0 Å². The topological polar surface area (TPSA) is 0 Å². The van der Waals surface area contributed by atoms with Crippen molar-refractivity contribution in [2.75, 3.05) is 0 Å². The van der Waals surface area contributed by atoms with Crippen LogP contribution in [0.3, 0.4) is 0 Å². The maximum absolute atomic E-state index is 0. The van der Waals surface area contributed by atoms with Crippen LogP contribution in [0.15, 0.2) is 0 Å². The Bertz CT molecular complexity index is 61.8. The summed E-state index contributed by atoms with van der Waals surface area (Å²) >= 11 is 0. The Morgan fingerprint density at radius 3 is 0.300 bits per heavy atom. The van der Waals surface area contributed by atoms with Crippen molar-refractivity contribution < 1.29 is 579 Å². The first-order valence-electron chi connectivity index (χ1n) is 0. The number of rotatable bonds is 0. The van der Waals surface area contributed by atoms with Crippen molar-refractivity contribution in [2.45, 2.75) is 52.0 Å². The van der Waals surface area contributed by atoms with Gasteiger partial charge in [0.15, 0.2) is 0 Å². The van der Waals surface area contributed by atoms with E-state index in [4.69, 9.17) is 0 Å². The van der Waals surface area contributed by atoms with E-state index in [0.717, 1.165) is 0 Å². The summed E-state index contributed by atoms with van der Waals surface area (Å²) in [7, 11) is 0. The van der Waals surface area contributed by atoms with Gasteiger partial charge < -0.3 is 12.8 Å². The van der Waals surface area contributed by atoms with E-state index >= 15 is 0 Å². The summed E-state index contributed by atoms with van der Waals surface area (Å²) < 4.78 is 0. The predicted octanol–water partition coefficient (Wildman–Crippen LogP) is -21.3. The van der Waals surface area contributed by atoms with Gasteiger partial charge in [0.25, 0.3) is 0 Å². The molecule has 92 valence electrons. The molecule has 0 spiro atoms. The first-order valence-corrected chi connectivity index (χ1v) is 0. The van der Waals surface area contributed by atoms with Gasteiger partial charge in [-0.1, -0.05) is 52.0 Å². The molecule has 0 saturated carbocycles. The van der Waals surface area contributed by atoms with Gasteiger partial charge in [-0.3, -0.25) is 0 Å². The monoisotopic (exact) mass is 756 g/mol. The molecule has 0 N–H and O–H groups in total. The van der Waals surface area contributed by atoms with Gasteiger partial charge in [0, 0.05) is 104 Å². The zero-order valence-corrected chi connectivity index (χ0v) is 47.6. The molecule has 0 aromatic heterocycles. The molecule has 0 aliphatic heterocycles. The van der Waals surface area contributed by atoms with Crippen molar-refractivity contribution >= 4 is 0 Å². The van der Waals surface area contributed by atoms with Crippen LogP contribution in [0.1, 0.15) is 66.3 Å². The van der Waals surface area contributed by atoms with Crippen molar-refractivity contribution in [3.63, 3.8) is 0 Å². The van der Waals surface area contributed by atoms with Crippen LogP contribution >= 0.6 is 0 Å². The molecule has 0 heterocycles. The Hall–Kier alpha value is 18.1. The quantitative estimate of drug-likeness (QED) is 0.216. The minimum Gasteiger partial charge on any atom is -1.00 e. The van der Waals surface area contributed by atoms with Crippen molar-refractivity contribution in [3.8, 4) is 0 Å². The standard InChI is InChI=1S/7CH4.9K.2V.2Y.H2.9H/h7*1H4;;;;;;;;;;;;;;1H;;;;;;;;;/q;;;;;;;9*+1;;;;;;9*-1/i;;;;;;;;;;;;;;;;;;;;1+2;;;;;;;;;. The first-order chi connectivity index (χ1) is 0. The summed E-state index contributed by atoms with van der Waals surface area (Å²) in [4.78, 5) is 0. The minimum absolute atomic E-state index is 0. The molecule has 0 aromatic carbocycles. The molecule has 13 heteroatoms. The molecule has 0 aliphatic rings. The molecule has 0 bridgehead atoms. The van der Waals surface area contributed by atoms with Crippen LogP contribution in [0.4, 0.5) is 0 Å². The fourth-order valence-electron chi connectivity index (χ4n) is 0. The zero-order chi connectivity index (χ0) is 0. The summed E-state index contributed by atoms with van der Waals surface area (Å²) in [6.07, 6.45) is 0. The molecule has 0 unspecified atom stereocenters. The number of hydrogen-bond donors (Lipinski definition) is 0. The van der Waals surface area contributed by atoms with Crippen molar-refractivity contribution in [1.29, 1.82) is 0 Å². The van der Waals surface area contributed by atoms with E-state index in [2.05, 4.69) is 0 Å². The van der Waals surface area contributed by atoms with Crippen LogP contribution < -0.4 is 462 Å². The molecular weight excluding hydrogens is 716 g/mol. The summed E-state index contributed by atoms with van der Waals surface area (Å²) in [5, 5.41) is 0. The summed E-state index contributed by atoms with van der Waals surface area (Å²) in [6.45, 7) is 0. The van der Waals surface area contributed by atoms with Crippen LogP contribution in [-0.2, 0) is 103 Å². The summed E-state index contributed by atoms with van der Waals surface area (Å²) in [6, 6.07) is 0. The maximum atomic E-state index is 0. The summed E-state index contributed by atoms with van der Waals surface area (Å²) in [5.74, 6) is 0. The van der Waals surface area contributed by atoms with Gasteiger partial charge in [0.2, 0.25) is 0 Å². The number of hydrogen-bond acceptors (Lipinski definition) is 0. The van der Waals surface area contributed by atoms with E-state index in [9.17, 15) is 0 Å². The molecule has 4 radical (unpaired) electrons. The van der Waals surface area contributed by atoms with Gasteiger partial charge >= 0.3 is 462 Å². The van der Waals surface area contributed by atoms with Gasteiger partial charge in [-0.25, -0.2) is 0 Å². The Morgan fingerprint density at radius 1 is 0.300 bits per heavy atom. The Labute approximate surface area is 607 Å². The van der Waals surface area contributed by atoms with Gasteiger partial charge in [0.05, 0.1) is 0 Å². The second-order valence-corrected chi connectivity index (χ2v) is 0. The van der Waals surface area contributed by atoms with E-state index in [1.54, 1.807) is 0 Å². The third-order valence-electron chi connectivity index (χ3n) is 0. The van der Waals surface area contributed by atoms with Crippen molar-refractivity contribution in [1.82, 2.24) is 0 Å². The third-order valence-corrected chi connectivity index (χ3v) is 0. The zero-order valence-electron chi connectivity index (χ0n) is 20.0. The fraction of sp³-hybridized carbons (Fsp3) is 1.00. The molecule has 0 rings (SSSR count). The van der Waals surface area contributed by atoms with Crippen molar-refractivity contribution in [3.05, 3.63) is 0 Å². The molecule has 0 atom stereocenters. The minimum atomic E-state index is 0. The van der Waals surface area contributed by atoms with Crippen LogP contribution in [0.25, 0.3) is 0 Å².